The fraction of sp³-hybridized carbons (Fsp3) is 0.562. The van der Waals surface area contributed by atoms with Gasteiger partial charge in [-0.15, -0.1) is 0 Å². The van der Waals surface area contributed by atoms with Gasteiger partial charge in [-0.25, -0.2) is 4.99 Å². The van der Waals surface area contributed by atoms with Crippen LogP contribution in [0.2, 0.25) is 0 Å². The van der Waals surface area contributed by atoms with Gasteiger partial charge in [-0.2, -0.15) is 0 Å². The molecule has 0 spiro atoms. The van der Waals surface area contributed by atoms with E-state index in [-0.39, 0.29) is 0 Å². The molecular formula is C16H28N4. The van der Waals surface area contributed by atoms with Crippen LogP contribution in [0.15, 0.2) is 35.3 Å². The second-order valence-corrected chi connectivity index (χ2v) is 5.18. The summed E-state index contributed by atoms with van der Waals surface area (Å²) in [6.07, 6.45) is 0. The molecule has 0 heterocycles. The first-order valence-corrected chi connectivity index (χ1v) is 7.39. The SMILES string of the molecule is CCNC(=NCc1ccccc1)NCCN(C)C(C)C. The number of nitrogens with one attached hydrogen (secondary N) is 2. The molecule has 1 aromatic carbocycles. The smallest absolute Gasteiger partial charge is 0.191 e. The average molecular weight is 276 g/mol. The van der Waals surface area contributed by atoms with Gasteiger partial charge in [0.2, 0.25) is 0 Å². The van der Waals surface area contributed by atoms with Crippen LogP contribution < -0.4 is 10.6 Å². The molecule has 0 aliphatic heterocycles. The van der Waals surface area contributed by atoms with Crippen LogP contribution in [0, 0.1) is 0 Å². The van der Waals surface area contributed by atoms with Crippen molar-refractivity contribution >= 4 is 5.96 Å². The summed E-state index contributed by atoms with van der Waals surface area (Å²) in [5.41, 5.74) is 1.23. The Labute approximate surface area is 123 Å². The molecule has 0 bridgehead atoms. The number of rotatable bonds is 7. The lowest BCUT2D eigenvalue weighted by atomic mass is 10.2. The standard InChI is InChI=1S/C16H28N4/c1-5-17-16(18-11-12-20(4)14(2)3)19-13-15-9-7-6-8-10-15/h6-10,14H,5,11-13H2,1-4H3,(H2,17,18,19). The van der Waals surface area contributed by atoms with Crippen molar-refractivity contribution in [2.75, 3.05) is 26.7 Å². The Hall–Kier alpha value is -1.55. The first kappa shape index (κ1) is 16.5. The minimum absolute atomic E-state index is 0.570. The molecule has 1 rings (SSSR count). The molecule has 0 saturated carbocycles. The van der Waals surface area contributed by atoms with Gasteiger partial charge in [-0.3, -0.25) is 0 Å². The molecule has 0 atom stereocenters. The maximum atomic E-state index is 4.60. The minimum Gasteiger partial charge on any atom is -0.357 e. The molecule has 2 N–H and O–H groups in total. The van der Waals surface area contributed by atoms with E-state index in [1.807, 2.05) is 18.2 Å². The van der Waals surface area contributed by atoms with Crippen molar-refractivity contribution in [2.45, 2.75) is 33.4 Å². The highest BCUT2D eigenvalue weighted by Gasteiger charge is 2.03. The molecule has 0 unspecified atom stereocenters. The molecule has 0 fully saturated rings. The largest absolute Gasteiger partial charge is 0.357 e. The van der Waals surface area contributed by atoms with E-state index >= 15 is 0 Å². The van der Waals surface area contributed by atoms with Crippen LogP contribution >= 0.6 is 0 Å². The van der Waals surface area contributed by atoms with Crippen molar-refractivity contribution in [1.82, 2.24) is 15.5 Å². The summed E-state index contributed by atoms with van der Waals surface area (Å²) in [6.45, 7) is 9.98. The zero-order chi connectivity index (χ0) is 14.8. The van der Waals surface area contributed by atoms with Gasteiger partial charge in [0.05, 0.1) is 6.54 Å². The Balaban J connectivity index is 2.43. The number of benzene rings is 1. The first-order chi connectivity index (χ1) is 9.63. The molecule has 0 aromatic heterocycles. The fourth-order valence-corrected chi connectivity index (χ4v) is 1.70. The van der Waals surface area contributed by atoms with Crippen molar-refractivity contribution in [2.24, 2.45) is 4.99 Å². The molecule has 0 aliphatic rings. The Morgan fingerprint density at radius 1 is 1.20 bits per heavy atom. The zero-order valence-electron chi connectivity index (χ0n) is 13.2. The Morgan fingerprint density at radius 3 is 2.50 bits per heavy atom. The van der Waals surface area contributed by atoms with Gasteiger partial charge >= 0.3 is 0 Å². The molecule has 1 aromatic rings. The number of hydrogen-bond donors (Lipinski definition) is 2. The zero-order valence-corrected chi connectivity index (χ0v) is 13.2. The molecule has 0 amide bonds. The van der Waals surface area contributed by atoms with Gasteiger partial charge in [-0.05, 0) is 33.4 Å². The summed E-state index contributed by atoms with van der Waals surface area (Å²) in [5.74, 6) is 0.883. The van der Waals surface area contributed by atoms with Crippen LogP contribution in [0.1, 0.15) is 26.3 Å². The van der Waals surface area contributed by atoms with Gasteiger partial charge in [0.25, 0.3) is 0 Å². The number of guanidine groups is 1. The van der Waals surface area contributed by atoms with Gasteiger partial charge in [-0.1, -0.05) is 30.3 Å². The van der Waals surface area contributed by atoms with E-state index in [0.717, 1.165) is 25.6 Å². The summed E-state index contributed by atoms with van der Waals surface area (Å²) in [4.78, 5) is 6.91. The number of nitrogens with zero attached hydrogens (tertiary/aromatic N) is 2. The van der Waals surface area contributed by atoms with Crippen LogP contribution in [0.5, 0.6) is 0 Å². The predicted molar refractivity (Wildman–Crippen MR) is 87.0 cm³/mol. The van der Waals surface area contributed by atoms with Gasteiger partial charge in [0.1, 0.15) is 0 Å². The summed E-state index contributed by atoms with van der Waals surface area (Å²) < 4.78 is 0. The maximum absolute atomic E-state index is 4.60. The number of likely N-dealkylation sites (N-methyl/N-ethyl adjacent to an activating group) is 1. The van der Waals surface area contributed by atoms with Crippen LogP contribution in [0.4, 0.5) is 0 Å². The third-order valence-corrected chi connectivity index (χ3v) is 3.25. The van der Waals surface area contributed by atoms with E-state index < -0.39 is 0 Å². The molecular weight excluding hydrogens is 248 g/mol. The molecule has 4 heteroatoms. The maximum Gasteiger partial charge on any atom is 0.191 e. The highest BCUT2D eigenvalue weighted by Crippen LogP contribution is 1.99. The van der Waals surface area contributed by atoms with E-state index in [2.05, 4.69) is 60.5 Å². The number of hydrogen-bond acceptors (Lipinski definition) is 2. The van der Waals surface area contributed by atoms with Crippen molar-refractivity contribution < 1.29 is 0 Å². The summed E-state index contributed by atoms with van der Waals surface area (Å²) >= 11 is 0. The summed E-state index contributed by atoms with van der Waals surface area (Å²) in [5, 5.41) is 6.65. The normalized spacial score (nSPS) is 12.0. The highest BCUT2D eigenvalue weighted by molar-refractivity contribution is 5.79. The third-order valence-electron chi connectivity index (χ3n) is 3.25. The van der Waals surface area contributed by atoms with Gasteiger partial charge < -0.3 is 15.5 Å². The summed E-state index contributed by atoms with van der Waals surface area (Å²) in [7, 11) is 2.14. The van der Waals surface area contributed by atoms with E-state index in [9.17, 15) is 0 Å². The average Bonchev–Trinajstić information content (AvgIpc) is 2.45. The van der Waals surface area contributed by atoms with Crippen LogP contribution in [-0.2, 0) is 6.54 Å². The predicted octanol–water partition coefficient (Wildman–Crippen LogP) is 2.08. The van der Waals surface area contributed by atoms with Gasteiger partial charge in [0, 0.05) is 25.7 Å². The topological polar surface area (TPSA) is 39.7 Å². The van der Waals surface area contributed by atoms with Gasteiger partial charge in [0.15, 0.2) is 5.96 Å². The van der Waals surface area contributed by atoms with Crippen LogP contribution in [-0.4, -0.2) is 43.6 Å². The first-order valence-electron chi connectivity index (χ1n) is 7.39. The molecule has 0 radical (unpaired) electrons. The molecule has 0 aliphatic carbocycles. The molecule has 4 nitrogen and oxygen atoms in total. The van der Waals surface area contributed by atoms with Crippen molar-refractivity contribution in [1.29, 1.82) is 0 Å². The van der Waals surface area contributed by atoms with Crippen molar-refractivity contribution in [3.05, 3.63) is 35.9 Å². The minimum atomic E-state index is 0.570. The second-order valence-electron chi connectivity index (χ2n) is 5.18. The lowest BCUT2D eigenvalue weighted by Crippen LogP contribution is -2.42. The highest BCUT2D eigenvalue weighted by atomic mass is 15.2. The summed E-state index contributed by atoms with van der Waals surface area (Å²) in [6, 6.07) is 10.9. The lowest BCUT2D eigenvalue weighted by molar-refractivity contribution is 0.278. The Morgan fingerprint density at radius 2 is 1.90 bits per heavy atom. The quantitative estimate of drug-likeness (QED) is 0.592. The van der Waals surface area contributed by atoms with Crippen LogP contribution in [0.3, 0.4) is 0 Å². The van der Waals surface area contributed by atoms with E-state index in [0.29, 0.717) is 12.6 Å². The van der Waals surface area contributed by atoms with Crippen molar-refractivity contribution in [3.8, 4) is 0 Å². The fourth-order valence-electron chi connectivity index (χ4n) is 1.70. The Kier molecular flexibility index (Phi) is 7.73. The lowest BCUT2D eigenvalue weighted by Gasteiger charge is -2.21. The Bertz CT molecular complexity index is 387. The third kappa shape index (κ3) is 6.57. The molecule has 20 heavy (non-hydrogen) atoms. The van der Waals surface area contributed by atoms with E-state index in [1.54, 1.807) is 0 Å². The molecule has 112 valence electrons. The number of aliphatic imine (C=N–C) groups is 1. The monoisotopic (exact) mass is 276 g/mol. The second kappa shape index (κ2) is 9.37. The van der Waals surface area contributed by atoms with Crippen molar-refractivity contribution in [3.63, 3.8) is 0 Å². The van der Waals surface area contributed by atoms with Crippen LogP contribution in [0.25, 0.3) is 0 Å². The molecule has 0 saturated heterocycles. The van der Waals surface area contributed by atoms with E-state index in [4.69, 9.17) is 0 Å². The van der Waals surface area contributed by atoms with E-state index in [1.165, 1.54) is 5.56 Å².